The molecule has 2 aromatic carbocycles. The Morgan fingerprint density at radius 1 is 1.11 bits per heavy atom. The predicted molar refractivity (Wildman–Crippen MR) is 74.2 cm³/mol. The van der Waals surface area contributed by atoms with Gasteiger partial charge in [-0.1, -0.05) is 24.3 Å². The molecule has 0 bridgehead atoms. The van der Waals surface area contributed by atoms with Gasteiger partial charge in [-0.05, 0) is 30.7 Å². The first-order valence-electron chi connectivity index (χ1n) is 5.95. The third kappa shape index (κ3) is 1.87. The Bertz CT molecular complexity index is 822. The van der Waals surface area contributed by atoms with Crippen molar-refractivity contribution in [2.45, 2.75) is 6.92 Å². The lowest BCUT2D eigenvalue weighted by Crippen LogP contribution is -2.09. The quantitative estimate of drug-likeness (QED) is 0.699. The molecule has 19 heavy (non-hydrogen) atoms. The van der Waals surface area contributed by atoms with Gasteiger partial charge in [0.2, 0.25) is 0 Å². The van der Waals surface area contributed by atoms with Crippen molar-refractivity contribution in [3.8, 4) is 17.1 Å². The number of para-hydroxylation sites is 2. The maximum Gasteiger partial charge on any atom is 0.259 e. The van der Waals surface area contributed by atoms with E-state index in [1.807, 2.05) is 12.1 Å². The van der Waals surface area contributed by atoms with Crippen molar-refractivity contribution in [1.29, 1.82) is 0 Å². The number of fused-ring (bicyclic) bond motifs is 1. The van der Waals surface area contributed by atoms with Crippen LogP contribution in [-0.2, 0) is 0 Å². The lowest BCUT2D eigenvalue weighted by molar-refractivity contribution is 0.472. The molecule has 0 spiro atoms. The Morgan fingerprint density at radius 3 is 2.74 bits per heavy atom. The highest BCUT2D eigenvalue weighted by Crippen LogP contribution is 2.29. The summed E-state index contributed by atoms with van der Waals surface area (Å²) < 4.78 is 0. The van der Waals surface area contributed by atoms with Gasteiger partial charge in [-0.15, -0.1) is 0 Å². The van der Waals surface area contributed by atoms with Crippen molar-refractivity contribution in [3.05, 3.63) is 58.4 Å². The third-order valence-electron chi connectivity index (χ3n) is 3.11. The van der Waals surface area contributed by atoms with Crippen LogP contribution in [0.4, 0.5) is 0 Å². The lowest BCUT2D eigenvalue weighted by atomic mass is 10.1. The molecule has 0 amide bonds. The number of phenols is 1. The van der Waals surface area contributed by atoms with Crippen LogP contribution in [-0.4, -0.2) is 15.1 Å². The van der Waals surface area contributed by atoms with Crippen LogP contribution < -0.4 is 5.56 Å². The number of hydrogen-bond acceptors (Lipinski definition) is 3. The van der Waals surface area contributed by atoms with E-state index < -0.39 is 0 Å². The molecule has 0 aliphatic rings. The molecule has 0 radical (unpaired) electrons. The zero-order valence-electron chi connectivity index (χ0n) is 10.3. The molecular formula is C15H12N2O2. The van der Waals surface area contributed by atoms with E-state index in [9.17, 15) is 9.90 Å². The molecule has 1 heterocycles. The summed E-state index contributed by atoms with van der Waals surface area (Å²) in [5.74, 6) is 0.519. The van der Waals surface area contributed by atoms with Crippen LogP contribution in [0.25, 0.3) is 22.3 Å². The largest absolute Gasteiger partial charge is 0.507 e. The average Bonchev–Trinajstić information content (AvgIpc) is 2.42. The second-order valence-corrected chi connectivity index (χ2v) is 4.40. The number of rotatable bonds is 1. The number of benzene rings is 2. The molecule has 0 aliphatic heterocycles. The highest BCUT2D eigenvalue weighted by Gasteiger charge is 2.10. The van der Waals surface area contributed by atoms with Gasteiger partial charge in [0.05, 0.1) is 16.5 Å². The van der Waals surface area contributed by atoms with Crippen molar-refractivity contribution in [2.24, 2.45) is 0 Å². The lowest BCUT2D eigenvalue weighted by Gasteiger charge is -2.07. The molecule has 3 rings (SSSR count). The summed E-state index contributed by atoms with van der Waals surface area (Å²) in [5.41, 5.74) is 1.68. The SMILES string of the molecule is Cc1cccc(-c2nc3ccccc3c(=O)[nH]2)c1O. The van der Waals surface area contributed by atoms with Gasteiger partial charge in [-0.25, -0.2) is 4.98 Å². The van der Waals surface area contributed by atoms with Crippen LogP contribution in [0.15, 0.2) is 47.3 Å². The fourth-order valence-electron chi connectivity index (χ4n) is 2.06. The molecule has 0 unspecified atom stereocenters. The number of nitrogens with one attached hydrogen (secondary N) is 1. The molecule has 0 saturated carbocycles. The fourth-order valence-corrected chi connectivity index (χ4v) is 2.06. The van der Waals surface area contributed by atoms with Gasteiger partial charge in [-0.2, -0.15) is 0 Å². The number of aromatic amines is 1. The van der Waals surface area contributed by atoms with Crippen LogP contribution in [0.1, 0.15) is 5.56 Å². The second-order valence-electron chi connectivity index (χ2n) is 4.40. The zero-order chi connectivity index (χ0) is 13.4. The van der Waals surface area contributed by atoms with Gasteiger partial charge in [0.1, 0.15) is 11.6 Å². The van der Waals surface area contributed by atoms with E-state index >= 15 is 0 Å². The number of aryl methyl sites for hydroxylation is 1. The maximum absolute atomic E-state index is 12.0. The Labute approximate surface area is 109 Å². The van der Waals surface area contributed by atoms with E-state index in [0.29, 0.717) is 22.3 Å². The maximum atomic E-state index is 12.0. The van der Waals surface area contributed by atoms with Gasteiger partial charge in [0.15, 0.2) is 0 Å². The molecule has 4 heteroatoms. The molecule has 4 nitrogen and oxygen atoms in total. The standard InChI is InChI=1S/C15H12N2O2/c1-9-5-4-7-11(13(9)18)14-16-12-8-3-2-6-10(12)15(19)17-14/h2-8,18H,1H3,(H,16,17,19). The molecule has 94 valence electrons. The summed E-state index contributed by atoms with van der Waals surface area (Å²) >= 11 is 0. The normalized spacial score (nSPS) is 10.8. The molecule has 0 saturated heterocycles. The van der Waals surface area contributed by atoms with Crippen LogP contribution in [0.5, 0.6) is 5.75 Å². The number of phenolic OH excluding ortho intramolecular Hbond substituents is 1. The summed E-state index contributed by atoms with van der Waals surface area (Å²) in [6, 6.07) is 12.5. The van der Waals surface area contributed by atoms with E-state index in [0.717, 1.165) is 5.56 Å². The first kappa shape index (κ1) is 11.5. The molecule has 3 aromatic rings. The molecule has 2 N–H and O–H groups in total. The van der Waals surface area contributed by atoms with E-state index in [4.69, 9.17) is 0 Å². The van der Waals surface area contributed by atoms with Crippen molar-refractivity contribution in [2.75, 3.05) is 0 Å². The number of aromatic hydroxyl groups is 1. The Hall–Kier alpha value is -2.62. The minimum Gasteiger partial charge on any atom is -0.507 e. The molecule has 1 aromatic heterocycles. The minimum absolute atomic E-state index is 0.140. The molecule has 0 fully saturated rings. The summed E-state index contributed by atoms with van der Waals surface area (Å²) in [7, 11) is 0. The van der Waals surface area contributed by atoms with Crippen LogP contribution in [0, 0.1) is 6.92 Å². The van der Waals surface area contributed by atoms with Gasteiger partial charge in [-0.3, -0.25) is 4.79 Å². The second kappa shape index (κ2) is 4.24. The van der Waals surface area contributed by atoms with Crippen molar-refractivity contribution in [3.63, 3.8) is 0 Å². The van der Waals surface area contributed by atoms with E-state index in [-0.39, 0.29) is 11.3 Å². The fraction of sp³-hybridized carbons (Fsp3) is 0.0667. The number of H-pyrrole nitrogens is 1. The summed E-state index contributed by atoms with van der Waals surface area (Å²) in [4.78, 5) is 19.1. The van der Waals surface area contributed by atoms with Crippen molar-refractivity contribution < 1.29 is 5.11 Å². The number of hydrogen-bond donors (Lipinski definition) is 2. The molecule has 0 aliphatic carbocycles. The smallest absolute Gasteiger partial charge is 0.259 e. The van der Waals surface area contributed by atoms with Crippen molar-refractivity contribution in [1.82, 2.24) is 9.97 Å². The Morgan fingerprint density at radius 2 is 1.89 bits per heavy atom. The summed E-state index contributed by atoms with van der Waals surface area (Å²) in [6.45, 7) is 1.80. The van der Waals surface area contributed by atoms with Gasteiger partial charge in [0.25, 0.3) is 5.56 Å². The average molecular weight is 252 g/mol. The summed E-state index contributed by atoms with van der Waals surface area (Å²) in [6.07, 6.45) is 0. The topological polar surface area (TPSA) is 66.0 Å². The van der Waals surface area contributed by atoms with Crippen LogP contribution in [0.2, 0.25) is 0 Å². The first-order valence-corrected chi connectivity index (χ1v) is 5.95. The minimum atomic E-state index is -0.207. The van der Waals surface area contributed by atoms with Crippen LogP contribution >= 0.6 is 0 Å². The van der Waals surface area contributed by atoms with E-state index in [1.54, 1.807) is 37.3 Å². The number of nitrogens with zero attached hydrogens (tertiary/aromatic N) is 1. The van der Waals surface area contributed by atoms with Gasteiger partial charge in [0, 0.05) is 0 Å². The third-order valence-corrected chi connectivity index (χ3v) is 3.11. The zero-order valence-corrected chi connectivity index (χ0v) is 10.3. The highest BCUT2D eigenvalue weighted by atomic mass is 16.3. The highest BCUT2D eigenvalue weighted by molar-refractivity contribution is 5.80. The molecule has 0 atom stereocenters. The van der Waals surface area contributed by atoms with Crippen molar-refractivity contribution >= 4 is 10.9 Å². The van der Waals surface area contributed by atoms with E-state index in [1.165, 1.54) is 0 Å². The monoisotopic (exact) mass is 252 g/mol. The summed E-state index contributed by atoms with van der Waals surface area (Å²) in [5, 5.41) is 10.6. The van der Waals surface area contributed by atoms with Gasteiger partial charge < -0.3 is 10.1 Å². The first-order chi connectivity index (χ1) is 9.16. The number of aromatic nitrogens is 2. The Balaban J connectivity index is 2.32. The predicted octanol–water partition coefficient (Wildman–Crippen LogP) is 2.60. The molecular weight excluding hydrogens is 240 g/mol. The Kier molecular flexibility index (Phi) is 2.56. The van der Waals surface area contributed by atoms with Crippen LogP contribution in [0.3, 0.4) is 0 Å². The van der Waals surface area contributed by atoms with Gasteiger partial charge >= 0.3 is 0 Å². The van der Waals surface area contributed by atoms with E-state index in [2.05, 4.69) is 9.97 Å².